The zero-order valence-corrected chi connectivity index (χ0v) is 26.6. The van der Waals surface area contributed by atoms with E-state index in [1.165, 1.54) is 17.3 Å². The number of carboxylic acids is 1. The minimum Gasteiger partial charge on any atom is -0.477 e. The fraction of sp³-hybridized carbons (Fsp3) is 0.375. The fourth-order valence-corrected chi connectivity index (χ4v) is 5.30. The monoisotopic (exact) mass is 668 g/mol. The lowest BCUT2D eigenvalue weighted by Crippen LogP contribution is -2.49. The van der Waals surface area contributed by atoms with Gasteiger partial charge in [-0.1, -0.05) is 12.1 Å². The standard InChI is InChI=1S/C32H41FN8O7/c1-2-39-18-24(31(44)45)29(42)23-14-25(33)28(15-27(23)39)40-10-12-41(13-11-40)32(46)48-19-20-5-7-22(8-6-20)38-30(43)26(4-3-9-34)36-16-21(35)17-37-47/h5-8,14-16,18,26,36-37,47H,2-4,9-13,17,19,34-35H2,1H3,(H,38,43)(H,44,45)/b21-16-/t26-/m0/s1. The zero-order valence-electron chi connectivity index (χ0n) is 26.6. The Labute approximate surface area is 275 Å². The van der Waals surface area contributed by atoms with E-state index in [-0.39, 0.29) is 43.2 Å². The SMILES string of the molecule is CCn1cc(C(=O)O)c(=O)c2cc(F)c(N3CCN(C(=O)OCc4ccc(NC(=O)[C@H](CCCN)N/C=C(\N)CNO)cc4)CC3)cc21. The van der Waals surface area contributed by atoms with E-state index in [1.54, 1.807) is 46.7 Å². The second-order valence-corrected chi connectivity index (χ2v) is 11.2. The number of hydrogen-bond donors (Lipinski definition) is 7. The number of aryl methyl sites for hydroxylation is 1. The van der Waals surface area contributed by atoms with Crippen LogP contribution in [0.3, 0.4) is 0 Å². The van der Waals surface area contributed by atoms with E-state index in [0.717, 1.165) is 6.07 Å². The Balaban J connectivity index is 1.31. The molecular formula is C32H41FN8O7. The van der Waals surface area contributed by atoms with Crippen molar-refractivity contribution >= 4 is 40.2 Å². The maximum absolute atomic E-state index is 15.2. The smallest absolute Gasteiger partial charge is 0.410 e. The first-order valence-electron chi connectivity index (χ1n) is 15.5. The van der Waals surface area contributed by atoms with Gasteiger partial charge in [0.2, 0.25) is 11.3 Å². The highest BCUT2D eigenvalue weighted by Gasteiger charge is 2.25. The molecule has 0 radical (unpaired) electrons. The number of rotatable bonds is 14. The van der Waals surface area contributed by atoms with Gasteiger partial charge in [0.15, 0.2) is 0 Å². The maximum atomic E-state index is 15.2. The number of nitrogens with zero attached hydrogens (tertiary/aromatic N) is 3. The van der Waals surface area contributed by atoms with E-state index < -0.39 is 34.9 Å². The Morgan fingerprint density at radius 2 is 1.83 bits per heavy atom. The predicted octanol–water partition coefficient (Wildman–Crippen LogP) is 1.73. The van der Waals surface area contributed by atoms with Crippen LogP contribution in [0, 0.1) is 5.82 Å². The van der Waals surface area contributed by atoms with E-state index in [4.69, 9.17) is 21.4 Å². The molecule has 2 amide bonds. The number of pyridine rings is 1. The molecule has 4 rings (SSSR count). The van der Waals surface area contributed by atoms with Crippen LogP contribution in [0.5, 0.6) is 0 Å². The van der Waals surface area contributed by atoms with E-state index in [0.29, 0.717) is 61.5 Å². The molecule has 0 aliphatic carbocycles. The van der Waals surface area contributed by atoms with Gasteiger partial charge < -0.3 is 51.5 Å². The van der Waals surface area contributed by atoms with Gasteiger partial charge in [-0.3, -0.25) is 9.59 Å². The molecule has 2 aromatic carbocycles. The minimum atomic E-state index is -1.37. The van der Waals surface area contributed by atoms with Gasteiger partial charge in [-0.05, 0) is 56.1 Å². The van der Waals surface area contributed by atoms with Gasteiger partial charge in [0.1, 0.15) is 24.0 Å². The number of carbonyl (C=O) groups excluding carboxylic acids is 2. The van der Waals surface area contributed by atoms with Gasteiger partial charge in [-0.15, -0.1) is 0 Å². The van der Waals surface area contributed by atoms with Crippen molar-refractivity contribution in [2.45, 2.75) is 39.0 Å². The molecule has 15 nitrogen and oxygen atoms in total. The largest absolute Gasteiger partial charge is 0.477 e. The maximum Gasteiger partial charge on any atom is 0.410 e. The molecular weight excluding hydrogens is 627 g/mol. The van der Waals surface area contributed by atoms with Gasteiger partial charge in [-0.2, -0.15) is 5.48 Å². The first-order valence-corrected chi connectivity index (χ1v) is 15.5. The Morgan fingerprint density at radius 3 is 2.46 bits per heavy atom. The van der Waals surface area contributed by atoms with Crippen molar-refractivity contribution in [2.24, 2.45) is 11.5 Å². The summed E-state index contributed by atoms with van der Waals surface area (Å²) in [5.74, 6) is -2.32. The normalized spacial score (nSPS) is 14.1. The third-order valence-corrected chi connectivity index (χ3v) is 7.95. The summed E-state index contributed by atoms with van der Waals surface area (Å²) in [5, 5.41) is 23.9. The predicted molar refractivity (Wildman–Crippen MR) is 177 cm³/mol. The molecule has 0 bridgehead atoms. The molecule has 1 saturated heterocycles. The summed E-state index contributed by atoms with van der Waals surface area (Å²) in [5.41, 5.74) is 14.4. The summed E-state index contributed by atoms with van der Waals surface area (Å²) < 4.78 is 22.3. The number of fused-ring (bicyclic) bond motifs is 1. The third-order valence-electron chi connectivity index (χ3n) is 7.95. The molecule has 0 saturated carbocycles. The number of hydrogen-bond acceptors (Lipinski definition) is 11. The summed E-state index contributed by atoms with van der Waals surface area (Å²) in [4.78, 5) is 53.1. The fourth-order valence-electron chi connectivity index (χ4n) is 5.30. The number of benzene rings is 2. The number of ether oxygens (including phenoxy) is 1. The van der Waals surface area contributed by atoms with Crippen LogP contribution < -0.4 is 37.9 Å². The molecule has 1 atom stereocenters. The van der Waals surface area contributed by atoms with Crippen molar-refractivity contribution in [3.63, 3.8) is 0 Å². The first-order chi connectivity index (χ1) is 23.1. The van der Waals surface area contributed by atoms with Crippen LogP contribution >= 0.6 is 0 Å². The minimum absolute atomic E-state index is 0.00307. The summed E-state index contributed by atoms with van der Waals surface area (Å²) in [6.45, 7) is 3.81. The van der Waals surface area contributed by atoms with Crippen molar-refractivity contribution in [2.75, 3.05) is 49.5 Å². The molecule has 0 unspecified atom stereocenters. The number of amides is 2. The number of carboxylic acid groups (broad SMARTS) is 1. The lowest BCUT2D eigenvalue weighted by Gasteiger charge is -2.35. The third kappa shape index (κ3) is 8.78. The molecule has 2 heterocycles. The number of carbonyl (C=O) groups is 3. The van der Waals surface area contributed by atoms with Crippen LogP contribution in [0.4, 0.5) is 20.6 Å². The van der Waals surface area contributed by atoms with Crippen molar-refractivity contribution in [3.05, 3.63) is 81.7 Å². The first kappa shape index (κ1) is 35.7. The molecule has 0 spiro atoms. The van der Waals surface area contributed by atoms with Gasteiger partial charge >= 0.3 is 12.1 Å². The number of halogens is 1. The number of nitrogens with two attached hydrogens (primary N) is 2. The highest BCUT2D eigenvalue weighted by Crippen LogP contribution is 2.26. The number of anilines is 2. The Kier molecular flexibility index (Phi) is 12.3. The molecule has 258 valence electrons. The second-order valence-electron chi connectivity index (χ2n) is 11.2. The molecule has 1 aliphatic rings. The van der Waals surface area contributed by atoms with Crippen molar-refractivity contribution in [1.82, 2.24) is 20.3 Å². The number of aromatic carboxylic acids is 1. The van der Waals surface area contributed by atoms with E-state index in [1.807, 2.05) is 5.48 Å². The molecule has 9 N–H and O–H groups in total. The molecule has 16 heteroatoms. The van der Waals surface area contributed by atoms with Crippen LogP contribution in [0.1, 0.15) is 35.7 Å². The topological polar surface area (TPSA) is 218 Å². The molecule has 1 fully saturated rings. The van der Waals surface area contributed by atoms with Crippen LogP contribution in [-0.2, 0) is 22.7 Å². The summed E-state index contributed by atoms with van der Waals surface area (Å²) in [6.07, 6.45) is 3.27. The van der Waals surface area contributed by atoms with Crippen LogP contribution in [-0.4, -0.2) is 83.1 Å². The van der Waals surface area contributed by atoms with E-state index in [9.17, 15) is 24.3 Å². The van der Waals surface area contributed by atoms with Gasteiger partial charge in [0.25, 0.3) is 0 Å². The van der Waals surface area contributed by atoms with Crippen molar-refractivity contribution in [1.29, 1.82) is 0 Å². The van der Waals surface area contributed by atoms with Gasteiger partial charge in [0.05, 0.1) is 17.7 Å². The number of hydroxylamine groups is 1. The molecule has 1 aliphatic heterocycles. The Hall–Kier alpha value is -5.19. The lowest BCUT2D eigenvalue weighted by atomic mass is 10.1. The molecule has 48 heavy (non-hydrogen) atoms. The molecule has 1 aromatic heterocycles. The van der Waals surface area contributed by atoms with Crippen LogP contribution in [0.25, 0.3) is 10.9 Å². The average Bonchev–Trinajstić information content (AvgIpc) is 3.08. The Morgan fingerprint density at radius 1 is 1.12 bits per heavy atom. The number of aromatic nitrogens is 1. The van der Waals surface area contributed by atoms with Gasteiger partial charge in [-0.25, -0.2) is 14.0 Å². The number of piperazine rings is 1. The van der Waals surface area contributed by atoms with E-state index >= 15 is 4.39 Å². The number of nitrogens with one attached hydrogen (secondary N) is 3. The Bertz CT molecular complexity index is 1710. The highest BCUT2D eigenvalue weighted by molar-refractivity contribution is 5.95. The lowest BCUT2D eigenvalue weighted by molar-refractivity contribution is -0.118. The van der Waals surface area contributed by atoms with Crippen LogP contribution in [0.15, 0.2) is 59.3 Å². The van der Waals surface area contributed by atoms with Crippen LogP contribution in [0.2, 0.25) is 0 Å². The second kappa shape index (κ2) is 16.6. The summed E-state index contributed by atoms with van der Waals surface area (Å²) in [7, 11) is 0. The molecule has 3 aromatic rings. The quantitative estimate of drug-likeness (QED) is 0.122. The zero-order chi connectivity index (χ0) is 34.8. The summed E-state index contributed by atoms with van der Waals surface area (Å²) in [6, 6.07) is 8.86. The van der Waals surface area contributed by atoms with Gasteiger partial charge in [0, 0.05) is 61.9 Å². The summed E-state index contributed by atoms with van der Waals surface area (Å²) >= 11 is 0. The average molecular weight is 669 g/mol. The van der Waals surface area contributed by atoms with Crippen molar-refractivity contribution in [3.8, 4) is 0 Å². The van der Waals surface area contributed by atoms with Crippen molar-refractivity contribution < 1.29 is 33.8 Å². The van der Waals surface area contributed by atoms with E-state index in [2.05, 4.69) is 10.6 Å². The highest BCUT2D eigenvalue weighted by atomic mass is 19.1.